The average Bonchev–Trinajstić information content (AvgIpc) is 2.55. The number of ether oxygens (including phenoxy) is 2. The number of hydrogen-bond donors (Lipinski definition) is 1. The number of piperidine rings is 1. The molecule has 0 radical (unpaired) electrons. The third-order valence-electron chi connectivity index (χ3n) is 4.86. The molecule has 0 bridgehead atoms. The van der Waals surface area contributed by atoms with Crippen LogP contribution in [0.3, 0.4) is 0 Å². The standard InChI is InChI=1S/C19H28N2O4/c1-19(2,3)21(18(22)23)15-6-8-20(9-7-15)13-14-4-5-16-17(12-14)25-11-10-24-16/h4-5,12,15H,6-11,13H2,1-3H3,(H,22,23). The summed E-state index contributed by atoms with van der Waals surface area (Å²) < 4.78 is 11.2. The lowest BCUT2D eigenvalue weighted by molar-refractivity contribution is 0.0408. The topological polar surface area (TPSA) is 62.2 Å². The maximum Gasteiger partial charge on any atom is 0.407 e. The van der Waals surface area contributed by atoms with Gasteiger partial charge in [0, 0.05) is 31.2 Å². The highest BCUT2D eigenvalue weighted by Crippen LogP contribution is 2.32. The van der Waals surface area contributed by atoms with E-state index < -0.39 is 6.09 Å². The van der Waals surface area contributed by atoms with Crippen LogP contribution in [0.15, 0.2) is 18.2 Å². The second kappa shape index (κ2) is 7.12. The molecular formula is C19H28N2O4. The molecule has 0 aromatic heterocycles. The van der Waals surface area contributed by atoms with Gasteiger partial charge in [0.25, 0.3) is 0 Å². The van der Waals surface area contributed by atoms with E-state index >= 15 is 0 Å². The second-order valence-electron chi connectivity index (χ2n) is 7.81. The van der Waals surface area contributed by atoms with Gasteiger partial charge in [-0.1, -0.05) is 6.07 Å². The van der Waals surface area contributed by atoms with Gasteiger partial charge in [0.05, 0.1) is 0 Å². The van der Waals surface area contributed by atoms with Crippen molar-refractivity contribution in [1.29, 1.82) is 0 Å². The first kappa shape index (κ1) is 17.9. The Bertz CT molecular complexity index is 618. The minimum absolute atomic E-state index is 0.0917. The molecule has 3 rings (SSSR count). The van der Waals surface area contributed by atoms with Crippen LogP contribution in [0.5, 0.6) is 11.5 Å². The minimum Gasteiger partial charge on any atom is -0.486 e. The van der Waals surface area contributed by atoms with E-state index in [0.717, 1.165) is 44.0 Å². The maximum atomic E-state index is 11.6. The number of carboxylic acid groups (broad SMARTS) is 1. The summed E-state index contributed by atoms with van der Waals surface area (Å²) in [5, 5.41) is 9.56. The van der Waals surface area contributed by atoms with Crippen LogP contribution in [0.4, 0.5) is 4.79 Å². The Morgan fingerprint density at radius 2 is 1.84 bits per heavy atom. The van der Waals surface area contributed by atoms with Crippen LogP contribution in [0.25, 0.3) is 0 Å². The van der Waals surface area contributed by atoms with Crippen molar-refractivity contribution in [3.63, 3.8) is 0 Å². The fourth-order valence-corrected chi connectivity index (χ4v) is 3.77. The van der Waals surface area contributed by atoms with Gasteiger partial charge >= 0.3 is 6.09 Å². The molecule has 2 aliphatic heterocycles. The monoisotopic (exact) mass is 348 g/mol. The van der Waals surface area contributed by atoms with Crippen molar-refractivity contribution >= 4 is 6.09 Å². The van der Waals surface area contributed by atoms with E-state index in [0.29, 0.717) is 13.2 Å². The first-order valence-electron chi connectivity index (χ1n) is 8.98. The lowest BCUT2D eigenvalue weighted by Gasteiger charge is -2.43. The van der Waals surface area contributed by atoms with Gasteiger partial charge < -0.3 is 19.5 Å². The van der Waals surface area contributed by atoms with Crippen molar-refractivity contribution in [3.05, 3.63) is 23.8 Å². The summed E-state index contributed by atoms with van der Waals surface area (Å²) in [6.07, 6.45) is 0.917. The molecule has 2 heterocycles. The molecule has 1 saturated heterocycles. The molecule has 6 nitrogen and oxygen atoms in total. The number of amides is 1. The predicted molar refractivity (Wildman–Crippen MR) is 95.3 cm³/mol. The van der Waals surface area contributed by atoms with Gasteiger partial charge in [-0.2, -0.15) is 0 Å². The van der Waals surface area contributed by atoms with E-state index in [-0.39, 0.29) is 11.6 Å². The Labute approximate surface area is 149 Å². The quantitative estimate of drug-likeness (QED) is 0.909. The van der Waals surface area contributed by atoms with Crippen LogP contribution in [-0.2, 0) is 6.54 Å². The summed E-state index contributed by atoms with van der Waals surface area (Å²) in [5.74, 6) is 1.64. The summed E-state index contributed by atoms with van der Waals surface area (Å²) >= 11 is 0. The molecule has 1 N–H and O–H groups in total. The molecule has 0 aliphatic carbocycles. The Morgan fingerprint density at radius 1 is 1.20 bits per heavy atom. The largest absolute Gasteiger partial charge is 0.486 e. The summed E-state index contributed by atoms with van der Waals surface area (Å²) in [5.41, 5.74) is 0.836. The summed E-state index contributed by atoms with van der Waals surface area (Å²) in [7, 11) is 0. The van der Waals surface area contributed by atoms with E-state index in [1.165, 1.54) is 5.56 Å². The number of rotatable bonds is 3. The molecule has 138 valence electrons. The Morgan fingerprint density at radius 3 is 2.44 bits per heavy atom. The average molecular weight is 348 g/mol. The number of benzene rings is 1. The Balaban J connectivity index is 1.58. The van der Waals surface area contributed by atoms with Crippen molar-refractivity contribution in [1.82, 2.24) is 9.80 Å². The lowest BCUT2D eigenvalue weighted by Crippen LogP contribution is -2.54. The van der Waals surface area contributed by atoms with Crippen LogP contribution in [-0.4, -0.2) is 58.9 Å². The molecular weight excluding hydrogens is 320 g/mol. The smallest absolute Gasteiger partial charge is 0.407 e. The van der Waals surface area contributed by atoms with Crippen molar-refractivity contribution in [2.24, 2.45) is 0 Å². The highest BCUT2D eigenvalue weighted by molar-refractivity contribution is 5.66. The molecule has 1 aromatic carbocycles. The van der Waals surface area contributed by atoms with E-state index in [2.05, 4.69) is 17.0 Å². The highest BCUT2D eigenvalue weighted by atomic mass is 16.6. The first-order valence-corrected chi connectivity index (χ1v) is 8.98. The third kappa shape index (κ3) is 4.18. The van der Waals surface area contributed by atoms with Gasteiger partial charge in [0.2, 0.25) is 0 Å². The molecule has 6 heteroatoms. The minimum atomic E-state index is -0.821. The van der Waals surface area contributed by atoms with Crippen molar-refractivity contribution in [3.8, 4) is 11.5 Å². The number of likely N-dealkylation sites (tertiary alicyclic amines) is 1. The number of hydrogen-bond acceptors (Lipinski definition) is 4. The summed E-state index contributed by atoms with van der Waals surface area (Å²) in [4.78, 5) is 15.6. The molecule has 1 amide bonds. The third-order valence-corrected chi connectivity index (χ3v) is 4.86. The van der Waals surface area contributed by atoms with Crippen LogP contribution < -0.4 is 9.47 Å². The van der Waals surface area contributed by atoms with Crippen LogP contribution in [0, 0.1) is 0 Å². The van der Waals surface area contributed by atoms with E-state index in [1.807, 2.05) is 26.8 Å². The van der Waals surface area contributed by atoms with Crippen molar-refractivity contribution in [2.45, 2.75) is 51.7 Å². The molecule has 25 heavy (non-hydrogen) atoms. The Kier molecular flexibility index (Phi) is 5.08. The number of nitrogens with zero attached hydrogens (tertiary/aromatic N) is 2. The van der Waals surface area contributed by atoms with Gasteiger partial charge in [0.15, 0.2) is 11.5 Å². The van der Waals surface area contributed by atoms with Crippen molar-refractivity contribution in [2.75, 3.05) is 26.3 Å². The van der Waals surface area contributed by atoms with Crippen LogP contribution in [0.1, 0.15) is 39.2 Å². The number of carbonyl (C=O) groups is 1. The summed E-state index contributed by atoms with van der Waals surface area (Å²) in [6, 6.07) is 6.20. The maximum absolute atomic E-state index is 11.6. The summed E-state index contributed by atoms with van der Waals surface area (Å²) in [6.45, 7) is 9.74. The zero-order valence-corrected chi connectivity index (χ0v) is 15.3. The molecule has 0 atom stereocenters. The highest BCUT2D eigenvalue weighted by Gasteiger charge is 2.35. The molecule has 0 spiro atoms. The van der Waals surface area contributed by atoms with Crippen LogP contribution >= 0.6 is 0 Å². The van der Waals surface area contributed by atoms with Gasteiger partial charge in [-0.25, -0.2) is 4.79 Å². The van der Waals surface area contributed by atoms with Crippen molar-refractivity contribution < 1.29 is 19.4 Å². The van der Waals surface area contributed by atoms with Gasteiger partial charge in [-0.15, -0.1) is 0 Å². The van der Waals surface area contributed by atoms with Crippen LogP contribution in [0.2, 0.25) is 0 Å². The normalized spacial score (nSPS) is 18.8. The number of fused-ring (bicyclic) bond motifs is 1. The molecule has 1 fully saturated rings. The van der Waals surface area contributed by atoms with E-state index in [1.54, 1.807) is 4.90 Å². The van der Waals surface area contributed by atoms with E-state index in [9.17, 15) is 9.90 Å². The SMILES string of the molecule is CC(C)(C)N(C(=O)O)C1CCN(Cc2ccc3c(c2)OCCO3)CC1. The fourth-order valence-electron chi connectivity index (χ4n) is 3.77. The molecule has 2 aliphatic rings. The van der Waals surface area contributed by atoms with E-state index in [4.69, 9.17) is 9.47 Å². The molecule has 1 aromatic rings. The molecule has 0 saturated carbocycles. The van der Waals surface area contributed by atoms with Gasteiger partial charge in [-0.05, 0) is 51.3 Å². The first-order chi connectivity index (χ1) is 11.8. The Hall–Kier alpha value is -1.95. The van der Waals surface area contributed by atoms with Gasteiger partial charge in [0.1, 0.15) is 13.2 Å². The second-order valence-corrected chi connectivity index (χ2v) is 7.81. The molecule has 0 unspecified atom stereocenters. The zero-order chi connectivity index (χ0) is 18.0. The zero-order valence-electron chi connectivity index (χ0n) is 15.3. The van der Waals surface area contributed by atoms with Gasteiger partial charge in [-0.3, -0.25) is 4.90 Å². The fraction of sp³-hybridized carbons (Fsp3) is 0.632. The lowest BCUT2D eigenvalue weighted by atomic mass is 9.96. The predicted octanol–water partition coefficient (Wildman–Crippen LogP) is 3.20.